The monoisotopic (exact) mass is 294 g/mol. The lowest BCUT2D eigenvalue weighted by atomic mass is 10.0. The van der Waals surface area contributed by atoms with Gasteiger partial charge in [-0.15, -0.1) is 0 Å². The molecule has 1 heterocycles. The van der Waals surface area contributed by atoms with Gasteiger partial charge in [-0.05, 0) is 30.2 Å². The predicted octanol–water partition coefficient (Wildman–Crippen LogP) is 1.93. The second kappa shape index (κ2) is 5.44. The van der Waals surface area contributed by atoms with Crippen molar-refractivity contribution in [2.24, 2.45) is 12.9 Å². The molecular weight excluding hydrogens is 280 g/mol. The molecule has 2 rings (SSSR count). The molecule has 0 aliphatic rings. The van der Waals surface area contributed by atoms with E-state index in [1.54, 1.807) is 4.68 Å². The summed E-state index contributed by atoms with van der Waals surface area (Å²) in [4.78, 5) is 0. The van der Waals surface area contributed by atoms with Crippen LogP contribution in [0.15, 0.2) is 41.0 Å². The number of benzene rings is 1. The Morgan fingerprint density at radius 2 is 2.29 bits per heavy atom. The third-order valence-corrected chi connectivity index (χ3v) is 3.11. The van der Waals surface area contributed by atoms with E-state index in [9.17, 15) is 0 Å². The molecular formula is C12H15BrN4. The summed E-state index contributed by atoms with van der Waals surface area (Å²) in [6, 6.07) is 10.2. The molecule has 0 saturated heterocycles. The maximum Gasteiger partial charge on any atom is 0.0810 e. The number of hydrogen-bond donors (Lipinski definition) is 2. The predicted molar refractivity (Wildman–Crippen MR) is 71.1 cm³/mol. The zero-order valence-corrected chi connectivity index (χ0v) is 11.2. The molecule has 0 bridgehead atoms. The van der Waals surface area contributed by atoms with E-state index in [0.29, 0.717) is 0 Å². The average molecular weight is 295 g/mol. The van der Waals surface area contributed by atoms with E-state index in [1.807, 2.05) is 31.4 Å². The smallest absolute Gasteiger partial charge is 0.0810 e. The first-order chi connectivity index (χ1) is 8.19. The minimum absolute atomic E-state index is 0.0329. The first kappa shape index (κ1) is 12.3. The number of aromatic nitrogens is 2. The van der Waals surface area contributed by atoms with Gasteiger partial charge >= 0.3 is 0 Å². The van der Waals surface area contributed by atoms with Crippen LogP contribution in [0.3, 0.4) is 0 Å². The lowest BCUT2D eigenvalue weighted by Gasteiger charge is -2.13. The molecule has 90 valence electrons. The van der Waals surface area contributed by atoms with Gasteiger partial charge in [-0.1, -0.05) is 28.1 Å². The van der Waals surface area contributed by atoms with Crippen LogP contribution in [0.1, 0.15) is 17.3 Å². The number of nitrogens with zero attached hydrogens (tertiary/aromatic N) is 2. The Morgan fingerprint density at radius 1 is 1.47 bits per heavy atom. The number of aryl methyl sites for hydroxylation is 1. The van der Waals surface area contributed by atoms with Crippen LogP contribution in [0.2, 0.25) is 0 Å². The fourth-order valence-electron chi connectivity index (χ4n) is 1.77. The van der Waals surface area contributed by atoms with Gasteiger partial charge in [0.1, 0.15) is 0 Å². The van der Waals surface area contributed by atoms with Crippen molar-refractivity contribution in [3.63, 3.8) is 0 Å². The maximum absolute atomic E-state index is 5.59. The number of hydrazine groups is 1. The van der Waals surface area contributed by atoms with E-state index >= 15 is 0 Å². The number of rotatable bonds is 4. The van der Waals surface area contributed by atoms with E-state index in [0.717, 1.165) is 16.6 Å². The van der Waals surface area contributed by atoms with Crippen molar-refractivity contribution in [3.05, 3.63) is 52.3 Å². The molecule has 0 radical (unpaired) electrons. The van der Waals surface area contributed by atoms with E-state index in [-0.39, 0.29) is 6.04 Å². The Morgan fingerprint density at radius 3 is 2.88 bits per heavy atom. The Balaban J connectivity index is 2.15. The minimum Gasteiger partial charge on any atom is -0.275 e. The first-order valence-corrected chi connectivity index (χ1v) is 6.18. The molecule has 5 heteroatoms. The molecule has 0 aliphatic heterocycles. The summed E-state index contributed by atoms with van der Waals surface area (Å²) >= 11 is 3.46. The third kappa shape index (κ3) is 3.15. The molecule has 3 N–H and O–H groups in total. The third-order valence-electron chi connectivity index (χ3n) is 2.62. The Bertz CT molecular complexity index is 495. The lowest BCUT2D eigenvalue weighted by Crippen LogP contribution is -2.30. The SMILES string of the molecule is Cn1ccc(C(Cc2cccc(Br)c2)NN)n1. The molecule has 17 heavy (non-hydrogen) atoms. The van der Waals surface area contributed by atoms with Crippen LogP contribution in [0.25, 0.3) is 0 Å². The van der Waals surface area contributed by atoms with Crippen molar-refractivity contribution in [2.45, 2.75) is 12.5 Å². The van der Waals surface area contributed by atoms with E-state index in [2.05, 4.69) is 38.6 Å². The molecule has 1 aromatic carbocycles. The molecule has 0 spiro atoms. The second-order valence-corrected chi connectivity index (χ2v) is 4.88. The van der Waals surface area contributed by atoms with Crippen LogP contribution in [0, 0.1) is 0 Å². The highest BCUT2D eigenvalue weighted by molar-refractivity contribution is 9.10. The number of hydrogen-bond acceptors (Lipinski definition) is 3. The van der Waals surface area contributed by atoms with Gasteiger partial charge in [-0.25, -0.2) is 0 Å². The topological polar surface area (TPSA) is 55.9 Å². The van der Waals surface area contributed by atoms with Gasteiger partial charge in [0, 0.05) is 17.7 Å². The van der Waals surface area contributed by atoms with Crippen LogP contribution < -0.4 is 11.3 Å². The Labute approximate surface area is 109 Å². The Kier molecular flexibility index (Phi) is 3.93. The molecule has 1 unspecified atom stereocenters. The second-order valence-electron chi connectivity index (χ2n) is 3.97. The minimum atomic E-state index is 0.0329. The zero-order chi connectivity index (χ0) is 12.3. The van der Waals surface area contributed by atoms with Gasteiger partial charge in [0.2, 0.25) is 0 Å². The summed E-state index contributed by atoms with van der Waals surface area (Å²) in [5.74, 6) is 5.59. The molecule has 1 atom stereocenters. The fraction of sp³-hybridized carbons (Fsp3) is 0.250. The highest BCUT2D eigenvalue weighted by Crippen LogP contribution is 2.18. The van der Waals surface area contributed by atoms with Crippen LogP contribution in [0.5, 0.6) is 0 Å². The quantitative estimate of drug-likeness (QED) is 0.669. The van der Waals surface area contributed by atoms with Crippen molar-refractivity contribution in [1.82, 2.24) is 15.2 Å². The normalized spacial score (nSPS) is 12.6. The summed E-state index contributed by atoms with van der Waals surface area (Å²) in [5, 5.41) is 4.36. The van der Waals surface area contributed by atoms with E-state index < -0.39 is 0 Å². The van der Waals surface area contributed by atoms with Crippen molar-refractivity contribution < 1.29 is 0 Å². The summed E-state index contributed by atoms with van der Waals surface area (Å²) in [6.07, 6.45) is 2.73. The molecule has 0 aliphatic carbocycles. The van der Waals surface area contributed by atoms with Crippen LogP contribution in [-0.4, -0.2) is 9.78 Å². The summed E-state index contributed by atoms with van der Waals surface area (Å²) in [7, 11) is 1.90. The highest BCUT2D eigenvalue weighted by Gasteiger charge is 2.13. The summed E-state index contributed by atoms with van der Waals surface area (Å²) in [6.45, 7) is 0. The lowest BCUT2D eigenvalue weighted by molar-refractivity contribution is 0.529. The van der Waals surface area contributed by atoms with Gasteiger partial charge < -0.3 is 0 Å². The van der Waals surface area contributed by atoms with Crippen LogP contribution >= 0.6 is 15.9 Å². The summed E-state index contributed by atoms with van der Waals surface area (Å²) < 4.78 is 2.85. The van der Waals surface area contributed by atoms with Gasteiger partial charge in [0.25, 0.3) is 0 Å². The highest BCUT2D eigenvalue weighted by atomic mass is 79.9. The number of nitrogens with one attached hydrogen (secondary N) is 1. The molecule has 2 aromatic rings. The van der Waals surface area contributed by atoms with Crippen molar-refractivity contribution in [1.29, 1.82) is 0 Å². The van der Waals surface area contributed by atoms with Crippen LogP contribution in [0.4, 0.5) is 0 Å². The van der Waals surface area contributed by atoms with Gasteiger partial charge in [0.15, 0.2) is 0 Å². The van der Waals surface area contributed by atoms with E-state index in [4.69, 9.17) is 5.84 Å². The van der Waals surface area contributed by atoms with Crippen molar-refractivity contribution in [3.8, 4) is 0 Å². The molecule has 0 saturated carbocycles. The first-order valence-electron chi connectivity index (χ1n) is 5.39. The van der Waals surface area contributed by atoms with Crippen LogP contribution in [-0.2, 0) is 13.5 Å². The van der Waals surface area contributed by atoms with Gasteiger partial charge in [0.05, 0.1) is 11.7 Å². The largest absolute Gasteiger partial charge is 0.275 e. The van der Waals surface area contributed by atoms with Crippen molar-refractivity contribution >= 4 is 15.9 Å². The zero-order valence-electron chi connectivity index (χ0n) is 9.60. The number of nitrogens with two attached hydrogens (primary N) is 1. The molecule has 4 nitrogen and oxygen atoms in total. The number of halogens is 1. The molecule has 1 aromatic heterocycles. The fourth-order valence-corrected chi connectivity index (χ4v) is 2.21. The standard InChI is InChI=1S/C12H15BrN4/c1-17-6-5-11(16-17)12(15-14)8-9-3-2-4-10(13)7-9/h2-7,12,15H,8,14H2,1H3. The van der Waals surface area contributed by atoms with Crippen molar-refractivity contribution in [2.75, 3.05) is 0 Å². The maximum atomic E-state index is 5.59. The van der Waals surface area contributed by atoms with Gasteiger partial charge in [-0.3, -0.25) is 16.0 Å². The molecule has 0 fully saturated rings. The summed E-state index contributed by atoms with van der Waals surface area (Å²) in [5.41, 5.74) is 4.98. The average Bonchev–Trinajstić information content (AvgIpc) is 2.73. The van der Waals surface area contributed by atoms with E-state index in [1.165, 1.54) is 5.56 Å². The Hall–Kier alpha value is -1.17. The van der Waals surface area contributed by atoms with Gasteiger partial charge in [-0.2, -0.15) is 5.10 Å². The molecule has 0 amide bonds.